The van der Waals surface area contributed by atoms with Crippen molar-refractivity contribution >= 4 is 17.5 Å². The number of nitrogens with zero attached hydrogens (tertiary/aromatic N) is 3. The molecule has 9 atom stereocenters. The summed E-state index contributed by atoms with van der Waals surface area (Å²) in [7, 11) is 9.60. The first-order valence-electron chi connectivity index (χ1n) is 19.8. The van der Waals surface area contributed by atoms with Crippen molar-refractivity contribution in [2.24, 2.45) is 40.2 Å². The molecule has 5 N–H and O–H groups in total. The van der Waals surface area contributed by atoms with Gasteiger partial charge in [-0.25, -0.2) is 0 Å². The number of nitrogens with two attached hydrogens (primary N) is 1. The molecule has 0 spiro atoms. The normalized spacial score (nSPS) is 27.6. The van der Waals surface area contributed by atoms with Gasteiger partial charge in [0.05, 0.1) is 25.9 Å². The summed E-state index contributed by atoms with van der Waals surface area (Å²) >= 11 is 0. The summed E-state index contributed by atoms with van der Waals surface area (Å²) in [6.07, 6.45) is 1.67. The number of methoxy groups -OCH3 is 1. The molecule has 300 valence electrons. The van der Waals surface area contributed by atoms with Gasteiger partial charge in [0.15, 0.2) is 0 Å². The Hall–Kier alpha value is -3.22. The minimum atomic E-state index is -0.817. The van der Waals surface area contributed by atoms with Crippen molar-refractivity contribution in [1.29, 1.82) is 0 Å². The third kappa shape index (κ3) is 8.91. The van der Waals surface area contributed by atoms with Crippen LogP contribution in [0.3, 0.4) is 0 Å². The molecule has 4 aliphatic rings. The van der Waals surface area contributed by atoms with Crippen LogP contribution in [0, 0.1) is 34.5 Å². The van der Waals surface area contributed by atoms with E-state index >= 15 is 0 Å². The van der Waals surface area contributed by atoms with Crippen LogP contribution in [0.2, 0.25) is 0 Å². The van der Waals surface area contributed by atoms with E-state index in [0.29, 0.717) is 34.5 Å². The Balaban J connectivity index is 1.45. The highest BCUT2D eigenvalue weighted by Crippen LogP contribution is 2.61. The summed E-state index contributed by atoms with van der Waals surface area (Å²) in [4.78, 5) is 38.7. The van der Waals surface area contributed by atoms with Gasteiger partial charge in [0, 0.05) is 67.6 Å². The molecule has 0 aromatic heterocycles. The Morgan fingerprint density at radius 3 is 2.39 bits per heavy atom. The topological polar surface area (TPSA) is 133 Å². The average molecular weight is 749 g/mol. The van der Waals surface area contributed by atoms with E-state index in [1.54, 1.807) is 19.1 Å². The van der Waals surface area contributed by atoms with E-state index in [-0.39, 0.29) is 42.4 Å². The SMILES string of the molecule is COc1c(CN2O[C@@H](CN)[C@@H]([C@H](C)O)[C@H]2C(=O)N[C@H]2C[C@H]3C[C@H]([C@@H]2C)C3(C)C)cccc1-c1cc(C(=O)N[C@H](CN(C)C)CC(C)(C)C)cc(N(C)C)c1. The predicted octanol–water partition coefficient (Wildman–Crippen LogP) is 5.15. The van der Waals surface area contributed by atoms with Crippen molar-refractivity contribution in [3.63, 3.8) is 0 Å². The number of benzene rings is 2. The Labute approximate surface area is 324 Å². The zero-order chi connectivity index (χ0) is 39.9. The molecule has 11 nitrogen and oxygen atoms in total. The second-order valence-corrected chi connectivity index (χ2v) is 18.6. The van der Waals surface area contributed by atoms with E-state index in [2.05, 4.69) is 63.1 Å². The zero-order valence-electron chi connectivity index (χ0n) is 34.9. The number of hydrogen-bond donors (Lipinski definition) is 4. The van der Waals surface area contributed by atoms with Crippen molar-refractivity contribution in [3.8, 4) is 16.9 Å². The molecule has 3 aliphatic carbocycles. The van der Waals surface area contributed by atoms with Crippen LogP contribution in [0.25, 0.3) is 11.1 Å². The summed E-state index contributed by atoms with van der Waals surface area (Å²) in [5.74, 6) is 1.37. The van der Waals surface area contributed by atoms with Crippen molar-refractivity contribution < 1.29 is 24.3 Å². The number of ether oxygens (including phenoxy) is 1. The maximum atomic E-state index is 14.3. The molecule has 1 heterocycles. The van der Waals surface area contributed by atoms with Gasteiger partial charge < -0.3 is 36.0 Å². The molecule has 54 heavy (non-hydrogen) atoms. The Kier molecular flexibility index (Phi) is 12.8. The number of para-hydroxylation sites is 1. The lowest BCUT2D eigenvalue weighted by Gasteiger charge is -2.62. The van der Waals surface area contributed by atoms with Gasteiger partial charge in [-0.3, -0.25) is 14.4 Å². The summed E-state index contributed by atoms with van der Waals surface area (Å²) in [5, 5.41) is 19.4. The van der Waals surface area contributed by atoms with Crippen LogP contribution in [0.1, 0.15) is 83.7 Å². The minimum absolute atomic E-state index is 0.0240. The molecule has 0 unspecified atom stereocenters. The molecular formula is C43H68N6O5. The van der Waals surface area contributed by atoms with Gasteiger partial charge in [-0.2, -0.15) is 5.06 Å². The number of aliphatic hydroxyl groups is 1. The van der Waals surface area contributed by atoms with E-state index in [9.17, 15) is 14.7 Å². The van der Waals surface area contributed by atoms with Crippen LogP contribution in [0.5, 0.6) is 5.75 Å². The molecule has 2 bridgehead atoms. The molecule has 2 amide bonds. The van der Waals surface area contributed by atoms with Gasteiger partial charge in [-0.1, -0.05) is 59.7 Å². The van der Waals surface area contributed by atoms with Crippen LogP contribution in [0.4, 0.5) is 5.69 Å². The summed E-state index contributed by atoms with van der Waals surface area (Å²) in [6.45, 7) is 16.4. The van der Waals surface area contributed by atoms with Crippen LogP contribution in [-0.4, -0.2) is 106 Å². The summed E-state index contributed by atoms with van der Waals surface area (Å²) in [5.41, 5.74) is 10.4. The van der Waals surface area contributed by atoms with E-state index in [1.807, 2.05) is 63.4 Å². The predicted molar refractivity (Wildman–Crippen MR) is 216 cm³/mol. The minimum Gasteiger partial charge on any atom is -0.496 e. The van der Waals surface area contributed by atoms with E-state index in [0.717, 1.165) is 41.8 Å². The first-order valence-corrected chi connectivity index (χ1v) is 19.8. The lowest BCUT2D eigenvalue weighted by atomic mass is 9.45. The number of fused-ring (bicyclic) bond motifs is 2. The Morgan fingerprint density at radius 1 is 1.13 bits per heavy atom. The van der Waals surface area contributed by atoms with Crippen molar-refractivity contribution in [2.45, 2.75) is 105 Å². The second kappa shape index (κ2) is 16.5. The smallest absolute Gasteiger partial charge is 0.251 e. The maximum absolute atomic E-state index is 14.3. The van der Waals surface area contributed by atoms with Gasteiger partial charge in [-0.05, 0) is 92.6 Å². The molecule has 1 saturated heterocycles. The molecule has 0 radical (unpaired) electrons. The van der Waals surface area contributed by atoms with E-state index in [4.69, 9.17) is 15.3 Å². The summed E-state index contributed by atoms with van der Waals surface area (Å²) < 4.78 is 6.12. The fraction of sp³-hybridized carbons (Fsp3) is 0.674. The lowest BCUT2D eigenvalue weighted by Crippen LogP contribution is -2.62. The highest BCUT2D eigenvalue weighted by atomic mass is 16.7. The first-order chi connectivity index (χ1) is 25.2. The highest BCUT2D eigenvalue weighted by Gasteiger charge is 2.57. The number of amides is 2. The van der Waals surface area contributed by atoms with Crippen molar-refractivity contribution in [2.75, 3.05) is 53.3 Å². The number of carbonyl (C=O) groups is 2. The zero-order valence-corrected chi connectivity index (χ0v) is 34.9. The third-order valence-corrected chi connectivity index (χ3v) is 12.5. The Bertz CT molecular complexity index is 1640. The van der Waals surface area contributed by atoms with Gasteiger partial charge in [0.25, 0.3) is 5.91 Å². The van der Waals surface area contributed by atoms with Crippen LogP contribution >= 0.6 is 0 Å². The number of likely N-dealkylation sites (N-methyl/N-ethyl adjacent to an activating group) is 1. The molecule has 1 aliphatic heterocycles. The van der Waals surface area contributed by atoms with E-state index in [1.165, 1.54) is 6.42 Å². The third-order valence-electron chi connectivity index (χ3n) is 12.5. The van der Waals surface area contributed by atoms with Gasteiger partial charge in [0.1, 0.15) is 11.8 Å². The number of carbonyl (C=O) groups excluding carboxylic acids is 2. The van der Waals surface area contributed by atoms with Gasteiger partial charge >= 0.3 is 0 Å². The first kappa shape index (κ1) is 41.9. The molecule has 3 saturated carbocycles. The van der Waals surface area contributed by atoms with E-state index < -0.39 is 24.2 Å². The van der Waals surface area contributed by atoms with Crippen LogP contribution in [-0.2, 0) is 16.2 Å². The number of hydroxylamine groups is 2. The molecule has 4 fully saturated rings. The number of anilines is 1. The Morgan fingerprint density at radius 2 is 1.83 bits per heavy atom. The van der Waals surface area contributed by atoms with Gasteiger partial charge in [0.2, 0.25) is 5.91 Å². The second-order valence-electron chi connectivity index (χ2n) is 18.6. The fourth-order valence-electron chi connectivity index (χ4n) is 9.64. The highest BCUT2D eigenvalue weighted by molar-refractivity contribution is 5.97. The number of aliphatic hydroxyl groups excluding tert-OH is 1. The standard InChI is InChI=1S/C43H68N6O5/c1-25-34-19-30(43(34,6)7)20-35(25)46-41(52)38-37(26(2)50)36(22-44)54-49(38)23-27-14-13-15-33(39(27)53-12)28-16-29(18-32(17-28)48(10)11)40(51)45-31(24-47(8)9)21-42(3,4)5/h13-18,25-26,30-31,34-38,50H,19-24,44H2,1-12H3,(H,45,51)(H,46,52)/t25-,26-,30+,31-,34+,35-,36-,37+,38-/m0/s1. The molecule has 2 aromatic rings. The number of rotatable bonds is 14. The molecule has 6 rings (SSSR count). The lowest BCUT2D eigenvalue weighted by molar-refractivity contribution is -0.175. The number of hydrogen-bond acceptors (Lipinski definition) is 9. The number of nitrogens with one attached hydrogen (secondary N) is 2. The van der Waals surface area contributed by atoms with Crippen molar-refractivity contribution in [3.05, 3.63) is 47.5 Å². The monoisotopic (exact) mass is 749 g/mol. The summed E-state index contributed by atoms with van der Waals surface area (Å²) in [6, 6.07) is 11.1. The molecule has 2 aromatic carbocycles. The quantitative estimate of drug-likeness (QED) is 0.207. The average Bonchev–Trinajstić information content (AvgIpc) is 3.46. The maximum Gasteiger partial charge on any atom is 0.251 e. The van der Waals surface area contributed by atoms with Crippen LogP contribution in [0.15, 0.2) is 36.4 Å². The molecular weight excluding hydrogens is 681 g/mol. The van der Waals surface area contributed by atoms with Crippen LogP contribution < -0.4 is 26.0 Å². The fourth-order valence-corrected chi connectivity index (χ4v) is 9.64. The van der Waals surface area contributed by atoms with Gasteiger partial charge in [-0.15, -0.1) is 0 Å². The van der Waals surface area contributed by atoms with Crippen molar-refractivity contribution in [1.82, 2.24) is 20.6 Å². The largest absolute Gasteiger partial charge is 0.496 e. The molecule has 11 heteroatoms.